The summed E-state index contributed by atoms with van der Waals surface area (Å²) in [5.41, 5.74) is 5.07. The van der Waals surface area contributed by atoms with E-state index in [2.05, 4.69) is 23.3 Å². The lowest BCUT2D eigenvalue weighted by molar-refractivity contribution is 0.414. The summed E-state index contributed by atoms with van der Waals surface area (Å²) in [5, 5.41) is 4.44. The molecule has 1 aromatic heterocycles. The number of ether oxygens (including phenoxy) is 1. The maximum Gasteiger partial charge on any atom is 0.252 e. The van der Waals surface area contributed by atoms with Crippen LogP contribution in [-0.2, 0) is 13.1 Å². The van der Waals surface area contributed by atoms with Gasteiger partial charge in [0.05, 0.1) is 12.6 Å². The smallest absolute Gasteiger partial charge is 0.252 e. The van der Waals surface area contributed by atoms with Crippen molar-refractivity contribution in [1.29, 1.82) is 0 Å². The topological polar surface area (TPSA) is 54.1 Å². The van der Waals surface area contributed by atoms with Gasteiger partial charge in [0, 0.05) is 24.0 Å². The zero-order valence-corrected chi connectivity index (χ0v) is 14.3. The summed E-state index contributed by atoms with van der Waals surface area (Å²) in [6.07, 6.45) is 0. The summed E-state index contributed by atoms with van der Waals surface area (Å²) < 4.78 is 5.15. The Morgan fingerprint density at radius 1 is 1.00 bits per heavy atom. The van der Waals surface area contributed by atoms with Crippen molar-refractivity contribution in [2.45, 2.75) is 26.9 Å². The van der Waals surface area contributed by atoms with Gasteiger partial charge in [-0.25, -0.2) is 0 Å². The molecular weight excluding hydrogens is 300 g/mol. The molecule has 4 nitrogen and oxygen atoms in total. The van der Waals surface area contributed by atoms with Crippen LogP contribution in [0.1, 0.15) is 22.3 Å². The van der Waals surface area contributed by atoms with Gasteiger partial charge in [0.15, 0.2) is 0 Å². The molecule has 0 aliphatic heterocycles. The van der Waals surface area contributed by atoms with Crippen molar-refractivity contribution in [1.82, 2.24) is 10.3 Å². The van der Waals surface area contributed by atoms with E-state index < -0.39 is 0 Å². The standard InChI is InChI=1S/C20H22N2O2/c1-13-4-5-14(2)19-18(13)10-16(20(23)22-19)12-21-11-15-6-8-17(24-3)9-7-15/h4-10,21H,11-12H2,1-3H3,(H,22,23). The van der Waals surface area contributed by atoms with Crippen molar-refractivity contribution >= 4 is 10.9 Å². The number of pyridine rings is 1. The highest BCUT2D eigenvalue weighted by atomic mass is 16.5. The molecule has 0 atom stereocenters. The van der Waals surface area contributed by atoms with E-state index in [0.717, 1.165) is 33.3 Å². The number of aryl methyl sites for hydroxylation is 2. The zero-order valence-electron chi connectivity index (χ0n) is 14.3. The molecule has 1 heterocycles. The predicted octanol–water partition coefficient (Wildman–Crippen LogP) is 3.44. The molecule has 0 saturated carbocycles. The van der Waals surface area contributed by atoms with Gasteiger partial charge in [-0.05, 0) is 48.7 Å². The normalized spacial score (nSPS) is 11.0. The molecule has 0 bridgehead atoms. The Balaban J connectivity index is 1.76. The van der Waals surface area contributed by atoms with Gasteiger partial charge >= 0.3 is 0 Å². The Morgan fingerprint density at radius 3 is 2.42 bits per heavy atom. The van der Waals surface area contributed by atoms with Gasteiger partial charge in [-0.2, -0.15) is 0 Å². The molecule has 0 spiro atoms. The molecule has 0 aliphatic carbocycles. The minimum Gasteiger partial charge on any atom is -0.497 e. The summed E-state index contributed by atoms with van der Waals surface area (Å²) in [6.45, 7) is 5.31. The van der Waals surface area contributed by atoms with Crippen molar-refractivity contribution < 1.29 is 4.74 Å². The molecule has 124 valence electrons. The molecule has 0 aliphatic rings. The summed E-state index contributed by atoms with van der Waals surface area (Å²) >= 11 is 0. The van der Waals surface area contributed by atoms with Crippen LogP contribution in [0.5, 0.6) is 5.75 Å². The van der Waals surface area contributed by atoms with Crippen LogP contribution in [0.2, 0.25) is 0 Å². The number of aromatic amines is 1. The van der Waals surface area contributed by atoms with E-state index in [-0.39, 0.29) is 5.56 Å². The minimum atomic E-state index is -0.0292. The predicted molar refractivity (Wildman–Crippen MR) is 97.6 cm³/mol. The highest BCUT2D eigenvalue weighted by Crippen LogP contribution is 2.19. The first-order valence-electron chi connectivity index (χ1n) is 8.04. The highest BCUT2D eigenvalue weighted by molar-refractivity contribution is 5.85. The van der Waals surface area contributed by atoms with Gasteiger partial charge < -0.3 is 15.0 Å². The highest BCUT2D eigenvalue weighted by Gasteiger charge is 2.07. The number of nitrogens with one attached hydrogen (secondary N) is 2. The number of aromatic nitrogens is 1. The van der Waals surface area contributed by atoms with Crippen molar-refractivity contribution in [3.63, 3.8) is 0 Å². The second kappa shape index (κ2) is 6.89. The average molecular weight is 322 g/mol. The van der Waals surface area contributed by atoms with Crippen LogP contribution >= 0.6 is 0 Å². The molecule has 24 heavy (non-hydrogen) atoms. The minimum absolute atomic E-state index is 0.0292. The number of fused-ring (bicyclic) bond motifs is 1. The summed E-state index contributed by atoms with van der Waals surface area (Å²) in [6, 6.07) is 14.0. The first kappa shape index (κ1) is 16.3. The van der Waals surface area contributed by atoms with E-state index in [9.17, 15) is 4.79 Å². The number of hydrogen-bond donors (Lipinski definition) is 2. The van der Waals surface area contributed by atoms with Crippen LogP contribution in [0.15, 0.2) is 47.3 Å². The van der Waals surface area contributed by atoms with Gasteiger partial charge in [-0.15, -0.1) is 0 Å². The van der Waals surface area contributed by atoms with Gasteiger partial charge in [0.1, 0.15) is 5.75 Å². The SMILES string of the molecule is COc1ccc(CNCc2cc3c(C)ccc(C)c3[nH]c2=O)cc1. The molecule has 3 rings (SSSR count). The third kappa shape index (κ3) is 3.34. The molecule has 4 heteroatoms. The number of H-pyrrole nitrogens is 1. The molecule has 0 amide bonds. The molecule has 0 unspecified atom stereocenters. The summed E-state index contributed by atoms with van der Waals surface area (Å²) in [4.78, 5) is 15.3. The van der Waals surface area contributed by atoms with E-state index in [0.29, 0.717) is 13.1 Å². The molecule has 3 aromatic rings. The summed E-state index contributed by atoms with van der Waals surface area (Å²) in [5.74, 6) is 0.843. The Morgan fingerprint density at radius 2 is 1.71 bits per heavy atom. The average Bonchev–Trinajstić information content (AvgIpc) is 2.60. The maximum atomic E-state index is 12.3. The van der Waals surface area contributed by atoms with Gasteiger partial charge in [0.25, 0.3) is 5.56 Å². The van der Waals surface area contributed by atoms with Crippen LogP contribution in [0, 0.1) is 13.8 Å². The first-order chi connectivity index (χ1) is 11.6. The van der Waals surface area contributed by atoms with E-state index in [1.54, 1.807) is 7.11 Å². The Labute approximate surface area is 141 Å². The van der Waals surface area contributed by atoms with Crippen LogP contribution in [-0.4, -0.2) is 12.1 Å². The van der Waals surface area contributed by atoms with Crippen LogP contribution in [0.3, 0.4) is 0 Å². The lowest BCUT2D eigenvalue weighted by Gasteiger charge is -2.09. The first-order valence-corrected chi connectivity index (χ1v) is 8.04. The van der Waals surface area contributed by atoms with E-state index >= 15 is 0 Å². The number of benzene rings is 2. The fourth-order valence-corrected chi connectivity index (χ4v) is 2.83. The molecule has 2 N–H and O–H groups in total. The third-order valence-electron chi connectivity index (χ3n) is 4.32. The summed E-state index contributed by atoms with van der Waals surface area (Å²) in [7, 11) is 1.66. The third-order valence-corrected chi connectivity index (χ3v) is 4.32. The maximum absolute atomic E-state index is 12.3. The second-order valence-corrected chi connectivity index (χ2v) is 6.06. The van der Waals surface area contributed by atoms with Crippen molar-refractivity contribution in [3.05, 3.63) is 75.1 Å². The molecule has 0 radical (unpaired) electrons. The van der Waals surface area contributed by atoms with E-state index in [1.807, 2.05) is 43.3 Å². The zero-order chi connectivity index (χ0) is 17.1. The number of methoxy groups -OCH3 is 1. The fourth-order valence-electron chi connectivity index (χ4n) is 2.83. The second-order valence-electron chi connectivity index (χ2n) is 6.06. The Bertz CT molecular complexity index is 911. The Kier molecular flexibility index (Phi) is 4.67. The van der Waals surface area contributed by atoms with Gasteiger partial charge in [-0.3, -0.25) is 4.79 Å². The largest absolute Gasteiger partial charge is 0.497 e. The van der Waals surface area contributed by atoms with E-state index in [4.69, 9.17) is 4.74 Å². The van der Waals surface area contributed by atoms with Crippen molar-refractivity contribution in [3.8, 4) is 5.75 Å². The van der Waals surface area contributed by atoms with Crippen molar-refractivity contribution in [2.75, 3.05) is 7.11 Å². The van der Waals surface area contributed by atoms with Crippen molar-refractivity contribution in [2.24, 2.45) is 0 Å². The molecule has 0 saturated heterocycles. The lowest BCUT2D eigenvalue weighted by atomic mass is 10.0. The number of hydrogen-bond acceptors (Lipinski definition) is 3. The van der Waals surface area contributed by atoms with Crippen LogP contribution in [0.25, 0.3) is 10.9 Å². The van der Waals surface area contributed by atoms with Crippen LogP contribution < -0.4 is 15.6 Å². The van der Waals surface area contributed by atoms with Gasteiger partial charge in [0.2, 0.25) is 0 Å². The monoisotopic (exact) mass is 322 g/mol. The molecule has 0 fully saturated rings. The quantitative estimate of drug-likeness (QED) is 0.756. The lowest BCUT2D eigenvalue weighted by Crippen LogP contribution is -2.21. The molecule has 2 aromatic carbocycles. The van der Waals surface area contributed by atoms with Gasteiger partial charge in [-0.1, -0.05) is 24.3 Å². The van der Waals surface area contributed by atoms with E-state index in [1.165, 1.54) is 5.56 Å². The Hall–Kier alpha value is -2.59. The number of rotatable bonds is 5. The fraction of sp³-hybridized carbons (Fsp3) is 0.250. The molecular formula is C20H22N2O2. The van der Waals surface area contributed by atoms with Crippen LogP contribution in [0.4, 0.5) is 0 Å².